The Kier molecular flexibility index (Phi) is 14.4. The highest BCUT2D eigenvalue weighted by Gasteiger charge is 2.06. The lowest BCUT2D eigenvalue weighted by Gasteiger charge is -2.08. The summed E-state index contributed by atoms with van der Waals surface area (Å²) in [5.74, 6) is -0.825. The van der Waals surface area contributed by atoms with Crippen LogP contribution in [0.5, 0.6) is 0 Å². The van der Waals surface area contributed by atoms with Crippen LogP contribution in [0, 0.1) is 4.91 Å². The molecule has 3 N–H and O–H groups in total. The minimum Gasteiger partial charge on any atom is -0.377 e. The van der Waals surface area contributed by atoms with Crippen LogP contribution >= 0.6 is 0 Å². The van der Waals surface area contributed by atoms with Crippen LogP contribution in [0.2, 0.25) is 0 Å². The summed E-state index contributed by atoms with van der Waals surface area (Å²) < 4.78 is 10.5. The zero-order valence-electron chi connectivity index (χ0n) is 14.0. The van der Waals surface area contributed by atoms with Gasteiger partial charge in [0.1, 0.15) is 6.42 Å². The predicted molar refractivity (Wildman–Crippen MR) is 86.2 cm³/mol. The second kappa shape index (κ2) is 15.8. The SMILES string of the molecule is CNC(=O)CC(=O)NCCOCCOCCNC(=O)CCCN=O. The lowest BCUT2D eigenvalue weighted by Crippen LogP contribution is -2.32. The Labute approximate surface area is 141 Å². The maximum atomic E-state index is 11.3. The molecule has 3 amide bonds. The van der Waals surface area contributed by atoms with Gasteiger partial charge in [0.05, 0.1) is 33.0 Å². The second-order valence-electron chi connectivity index (χ2n) is 4.73. The molecule has 0 fully saturated rings. The molecule has 0 unspecified atom stereocenters. The molecule has 24 heavy (non-hydrogen) atoms. The number of hydrogen-bond acceptors (Lipinski definition) is 7. The van der Waals surface area contributed by atoms with Crippen LogP contribution in [-0.2, 0) is 23.9 Å². The Morgan fingerprint density at radius 2 is 1.46 bits per heavy atom. The molecule has 0 aliphatic carbocycles. The smallest absolute Gasteiger partial charge is 0.229 e. The van der Waals surface area contributed by atoms with Crippen molar-refractivity contribution >= 4 is 17.7 Å². The molecule has 0 saturated heterocycles. The van der Waals surface area contributed by atoms with Crippen LogP contribution < -0.4 is 16.0 Å². The first kappa shape index (κ1) is 21.9. The summed E-state index contributed by atoms with van der Waals surface area (Å²) in [7, 11) is 1.47. The van der Waals surface area contributed by atoms with E-state index in [1.54, 1.807) is 0 Å². The van der Waals surface area contributed by atoms with E-state index in [2.05, 4.69) is 21.1 Å². The van der Waals surface area contributed by atoms with E-state index in [-0.39, 0.29) is 37.1 Å². The van der Waals surface area contributed by atoms with Gasteiger partial charge in [-0.2, -0.15) is 4.91 Å². The molecule has 138 valence electrons. The Morgan fingerprint density at radius 1 is 0.875 bits per heavy atom. The summed E-state index contributed by atoms with van der Waals surface area (Å²) in [6.45, 7) is 2.29. The molecule has 0 heterocycles. The highest BCUT2D eigenvalue weighted by Crippen LogP contribution is 1.89. The summed E-state index contributed by atoms with van der Waals surface area (Å²) >= 11 is 0. The molecular formula is C14H26N4O6. The topological polar surface area (TPSA) is 135 Å². The summed E-state index contributed by atoms with van der Waals surface area (Å²) in [6.07, 6.45) is 0.529. The molecule has 0 spiro atoms. The van der Waals surface area contributed by atoms with Crippen LogP contribution in [0.25, 0.3) is 0 Å². The standard InChI is InChI=1S/C14H26N4O6/c1-15-13(20)11-14(21)17-6-8-24-10-9-23-7-5-16-12(19)3-2-4-18-22/h2-11H2,1H3,(H,15,20)(H,16,19)(H,17,21). The number of nitroso groups, excluding NO2 is 1. The van der Waals surface area contributed by atoms with Crippen LogP contribution in [0.4, 0.5) is 0 Å². The number of amides is 3. The van der Waals surface area contributed by atoms with E-state index in [1.165, 1.54) is 7.05 Å². The van der Waals surface area contributed by atoms with Crippen molar-refractivity contribution in [3.63, 3.8) is 0 Å². The third-order valence-corrected chi connectivity index (χ3v) is 2.76. The first-order valence-corrected chi connectivity index (χ1v) is 7.78. The molecule has 0 saturated carbocycles. The molecule has 0 bridgehead atoms. The maximum Gasteiger partial charge on any atom is 0.229 e. The molecule has 0 aliphatic rings. The lowest BCUT2D eigenvalue weighted by molar-refractivity contribution is -0.129. The van der Waals surface area contributed by atoms with E-state index in [0.29, 0.717) is 45.9 Å². The quantitative estimate of drug-likeness (QED) is 0.196. The van der Waals surface area contributed by atoms with Gasteiger partial charge >= 0.3 is 0 Å². The van der Waals surface area contributed by atoms with Crippen molar-refractivity contribution < 1.29 is 23.9 Å². The van der Waals surface area contributed by atoms with Crippen molar-refractivity contribution in [3.05, 3.63) is 4.91 Å². The highest BCUT2D eigenvalue weighted by molar-refractivity contribution is 5.96. The monoisotopic (exact) mass is 346 g/mol. The maximum absolute atomic E-state index is 11.3. The van der Waals surface area contributed by atoms with Crippen molar-refractivity contribution in [1.82, 2.24) is 16.0 Å². The van der Waals surface area contributed by atoms with Crippen molar-refractivity contribution in [2.45, 2.75) is 19.3 Å². The number of nitrogens with one attached hydrogen (secondary N) is 3. The summed E-state index contributed by atoms with van der Waals surface area (Å²) in [4.78, 5) is 43.3. The molecule has 0 aromatic rings. The zero-order valence-corrected chi connectivity index (χ0v) is 14.0. The molecular weight excluding hydrogens is 320 g/mol. The van der Waals surface area contributed by atoms with Gasteiger partial charge in [-0.05, 0) is 6.42 Å². The number of ether oxygens (including phenoxy) is 2. The molecule has 0 atom stereocenters. The van der Waals surface area contributed by atoms with E-state index < -0.39 is 0 Å². The average molecular weight is 346 g/mol. The number of nitrogens with zero attached hydrogens (tertiary/aromatic N) is 1. The van der Waals surface area contributed by atoms with Crippen LogP contribution in [0.1, 0.15) is 19.3 Å². The summed E-state index contributed by atoms with van der Waals surface area (Å²) in [5.41, 5.74) is 0. The molecule has 10 heteroatoms. The van der Waals surface area contributed by atoms with E-state index in [4.69, 9.17) is 9.47 Å². The van der Waals surface area contributed by atoms with Gasteiger partial charge in [0.25, 0.3) is 0 Å². The highest BCUT2D eigenvalue weighted by atomic mass is 16.5. The minimum atomic E-state index is -0.353. The first-order valence-electron chi connectivity index (χ1n) is 7.78. The summed E-state index contributed by atoms with van der Waals surface area (Å²) in [6, 6.07) is 0. The Balaban J connectivity index is 3.28. The zero-order chi connectivity index (χ0) is 18.0. The van der Waals surface area contributed by atoms with Gasteiger partial charge < -0.3 is 25.4 Å². The van der Waals surface area contributed by atoms with Crippen LogP contribution in [0.15, 0.2) is 5.18 Å². The minimum absolute atomic E-state index is 0.133. The van der Waals surface area contributed by atoms with Crippen LogP contribution in [0.3, 0.4) is 0 Å². The fourth-order valence-corrected chi connectivity index (χ4v) is 1.54. The first-order chi connectivity index (χ1) is 11.6. The van der Waals surface area contributed by atoms with Gasteiger partial charge in [0.15, 0.2) is 0 Å². The van der Waals surface area contributed by atoms with Crippen molar-refractivity contribution in [2.24, 2.45) is 5.18 Å². The fraction of sp³-hybridized carbons (Fsp3) is 0.786. The summed E-state index contributed by atoms with van der Waals surface area (Å²) in [5, 5.41) is 10.2. The van der Waals surface area contributed by atoms with E-state index >= 15 is 0 Å². The molecule has 0 aromatic heterocycles. The van der Waals surface area contributed by atoms with Crippen molar-refractivity contribution in [1.29, 1.82) is 0 Å². The Morgan fingerprint density at radius 3 is 2.00 bits per heavy atom. The van der Waals surface area contributed by atoms with Crippen molar-refractivity contribution in [3.8, 4) is 0 Å². The number of rotatable bonds is 15. The van der Waals surface area contributed by atoms with Crippen molar-refractivity contribution in [2.75, 3.05) is 53.1 Å². The van der Waals surface area contributed by atoms with E-state index in [1.807, 2.05) is 0 Å². The number of carbonyl (C=O) groups is 3. The molecule has 0 aromatic carbocycles. The van der Waals surface area contributed by atoms with E-state index in [9.17, 15) is 19.3 Å². The average Bonchev–Trinajstić information content (AvgIpc) is 2.56. The molecule has 0 aliphatic heterocycles. The fourth-order valence-electron chi connectivity index (χ4n) is 1.54. The third kappa shape index (κ3) is 14.9. The van der Waals surface area contributed by atoms with Crippen LogP contribution in [-0.4, -0.2) is 70.8 Å². The number of carbonyl (C=O) groups excluding carboxylic acids is 3. The molecule has 10 nitrogen and oxygen atoms in total. The van der Waals surface area contributed by atoms with Gasteiger partial charge in [-0.1, -0.05) is 5.18 Å². The van der Waals surface area contributed by atoms with Gasteiger partial charge in [0.2, 0.25) is 17.7 Å². The predicted octanol–water partition coefficient (Wildman–Crippen LogP) is -1.07. The van der Waals surface area contributed by atoms with Gasteiger partial charge in [-0.3, -0.25) is 14.4 Å². The molecule has 0 radical (unpaired) electrons. The molecule has 0 rings (SSSR count). The van der Waals surface area contributed by atoms with E-state index in [0.717, 1.165) is 0 Å². The Hall–Kier alpha value is -2.07. The second-order valence-corrected chi connectivity index (χ2v) is 4.73. The normalized spacial score (nSPS) is 10.0. The van der Waals surface area contributed by atoms with Gasteiger partial charge in [-0.25, -0.2) is 0 Å². The largest absolute Gasteiger partial charge is 0.377 e. The Bertz CT molecular complexity index is 391. The lowest BCUT2D eigenvalue weighted by atomic mass is 10.3. The number of hydrogen-bond donors (Lipinski definition) is 3. The third-order valence-electron chi connectivity index (χ3n) is 2.76. The van der Waals surface area contributed by atoms with Gasteiger partial charge in [-0.15, -0.1) is 0 Å². The van der Waals surface area contributed by atoms with Gasteiger partial charge in [0, 0.05) is 26.6 Å².